The summed E-state index contributed by atoms with van der Waals surface area (Å²) in [5.41, 5.74) is 3.81. The van der Waals surface area contributed by atoms with Crippen LogP contribution in [0.15, 0.2) is 24.3 Å². The number of allylic oxidation sites excluding steroid dienone is 1. The fourth-order valence-corrected chi connectivity index (χ4v) is 1.82. The van der Waals surface area contributed by atoms with E-state index in [4.69, 9.17) is 0 Å². The molecule has 1 aromatic rings. The molecule has 0 saturated carbocycles. The van der Waals surface area contributed by atoms with Crippen LogP contribution in [0.4, 0.5) is 0 Å². The van der Waals surface area contributed by atoms with E-state index >= 15 is 0 Å². The number of hydrogen-bond acceptors (Lipinski definition) is 1. The normalized spacial score (nSPS) is 12.5. The molecular weight excluding hydrogens is 263 g/mol. The van der Waals surface area contributed by atoms with Crippen LogP contribution in [-0.4, -0.2) is 6.41 Å². The molecule has 0 heterocycles. The van der Waals surface area contributed by atoms with E-state index in [0.29, 0.717) is 6.54 Å². The molecule has 1 radical (unpaired) electrons. The van der Waals surface area contributed by atoms with Gasteiger partial charge in [0.15, 0.2) is 0 Å². The summed E-state index contributed by atoms with van der Waals surface area (Å²) in [5, 5.41) is 2.58. The predicted octanol–water partition coefficient (Wildman–Crippen LogP) is 1.80. The van der Waals surface area contributed by atoms with Crippen molar-refractivity contribution in [2.24, 2.45) is 0 Å². The number of nitrogens with one attached hydrogen (secondary N) is 1. The second kappa shape index (κ2) is 6.19. The Morgan fingerprint density at radius 1 is 1.40 bits per heavy atom. The molecule has 1 aliphatic rings. The van der Waals surface area contributed by atoms with Gasteiger partial charge in [-0.15, -0.1) is 0 Å². The fourth-order valence-electron chi connectivity index (χ4n) is 1.82. The third-order valence-electron chi connectivity index (χ3n) is 2.50. The van der Waals surface area contributed by atoms with Crippen molar-refractivity contribution in [1.82, 2.24) is 5.32 Å². The van der Waals surface area contributed by atoms with E-state index in [9.17, 15) is 4.79 Å². The number of amides is 1. The summed E-state index contributed by atoms with van der Waals surface area (Å²) >= 11 is 0. The summed E-state index contributed by atoms with van der Waals surface area (Å²) in [4.78, 5) is 10.1. The molecule has 15 heavy (non-hydrogen) atoms. The van der Waals surface area contributed by atoms with E-state index in [0.717, 1.165) is 12.8 Å². The number of fused-ring (bicyclic) bond motifs is 1. The zero-order chi connectivity index (χ0) is 9.80. The van der Waals surface area contributed by atoms with E-state index in [2.05, 4.69) is 23.5 Å². The number of benzene rings is 1. The first-order chi connectivity index (χ1) is 6.92. The summed E-state index contributed by atoms with van der Waals surface area (Å²) < 4.78 is 0. The van der Waals surface area contributed by atoms with Crippen LogP contribution < -0.4 is 5.32 Å². The molecule has 0 atom stereocenters. The van der Waals surface area contributed by atoms with Gasteiger partial charge < -0.3 is 10.1 Å². The zero-order valence-corrected chi connectivity index (χ0v) is 11.3. The van der Waals surface area contributed by atoms with Crippen molar-refractivity contribution in [3.8, 4) is 0 Å². The fraction of sp³-hybridized carbons (Fsp3) is 0.250. The Hall–Kier alpha value is -0.466. The van der Waals surface area contributed by atoms with E-state index in [1.54, 1.807) is 6.41 Å². The van der Waals surface area contributed by atoms with E-state index < -0.39 is 0 Å². The van der Waals surface area contributed by atoms with Gasteiger partial charge in [-0.25, -0.2) is 0 Å². The first kappa shape index (κ1) is 12.6. The van der Waals surface area contributed by atoms with Gasteiger partial charge in [-0.3, -0.25) is 0 Å². The molecule has 0 bridgehead atoms. The monoisotopic (exact) mass is 275 g/mol. The predicted molar refractivity (Wildman–Crippen MR) is 56.3 cm³/mol. The van der Waals surface area contributed by atoms with Gasteiger partial charge in [-0.05, 0) is 29.5 Å². The van der Waals surface area contributed by atoms with Crippen molar-refractivity contribution in [3.63, 3.8) is 0 Å². The standard InChI is InChI=1S/C12H12NO.Y/c14-9-13-8-11-6-3-5-10-4-1-2-7-12(10)11;/h2-3,5-7H,1,4,8H2,(H,13,14);/q-1;. The van der Waals surface area contributed by atoms with Gasteiger partial charge >= 0.3 is 0 Å². The van der Waals surface area contributed by atoms with Crippen molar-refractivity contribution >= 4 is 12.5 Å². The van der Waals surface area contributed by atoms with Gasteiger partial charge in [0.1, 0.15) is 0 Å². The van der Waals surface area contributed by atoms with E-state index in [-0.39, 0.29) is 32.7 Å². The number of carbonyl (C=O) groups excluding carboxylic acids is 1. The third kappa shape index (κ3) is 2.99. The van der Waals surface area contributed by atoms with Gasteiger partial charge in [-0.2, -0.15) is 6.41 Å². The van der Waals surface area contributed by atoms with Gasteiger partial charge in [-0.1, -0.05) is 30.4 Å². The van der Waals surface area contributed by atoms with Gasteiger partial charge in [0.25, 0.3) is 0 Å². The molecule has 1 amide bonds. The average Bonchev–Trinajstić information content (AvgIpc) is 2.26. The Balaban J connectivity index is 0.00000112. The molecule has 3 heteroatoms. The second-order valence-corrected chi connectivity index (χ2v) is 3.39. The molecule has 2 nitrogen and oxygen atoms in total. The molecule has 1 aromatic carbocycles. The Morgan fingerprint density at radius 2 is 2.27 bits per heavy atom. The molecule has 0 aromatic heterocycles. The number of hydrogen-bond donors (Lipinski definition) is 1. The zero-order valence-electron chi connectivity index (χ0n) is 8.49. The minimum Gasteiger partial charge on any atom is -0.526 e. The minimum absolute atomic E-state index is 0. The Morgan fingerprint density at radius 3 is 3.07 bits per heavy atom. The van der Waals surface area contributed by atoms with Crippen LogP contribution >= 0.6 is 0 Å². The molecular formula is C12H12NOY-. The molecule has 0 unspecified atom stereocenters. The Bertz CT molecular complexity index is 374. The number of rotatable bonds is 3. The van der Waals surface area contributed by atoms with Gasteiger partial charge in [0.2, 0.25) is 0 Å². The van der Waals surface area contributed by atoms with Crippen molar-refractivity contribution < 1.29 is 37.5 Å². The van der Waals surface area contributed by atoms with Crippen LogP contribution in [0.2, 0.25) is 0 Å². The van der Waals surface area contributed by atoms with Crippen LogP contribution in [-0.2, 0) is 50.5 Å². The topological polar surface area (TPSA) is 29.1 Å². The Labute approximate surface area is 115 Å². The minimum atomic E-state index is 0. The summed E-state index contributed by atoms with van der Waals surface area (Å²) in [6, 6.07) is 6.23. The van der Waals surface area contributed by atoms with Crippen LogP contribution in [0.5, 0.6) is 0 Å². The molecule has 0 fully saturated rings. The summed E-state index contributed by atoms with van der Waals surface area (Å²) in [6.07, 6.45) is 8.23. The van der Waals surface area contributed by atoms with Crippen LogP contribution in [0.1, 0.15) is 23.1 Å². The summed E-state index contributed by atoms with van der Waals surface area (Å²) in [5.74, 6) is 0. The maximum Gasteiger partial charge on any atom is 0.0123 e. The van der Waals surface area contributed by atoms with Crippen molar-refractivity contribution in [1.29, 1.82) is 0 Å². The summed E-state index contributed by atoms with van der Waals surface area (Å²) in [7, 11) is 0. The van der Waals surface area contributed by atoms with Crippen LogP contribution in [0, 0.1) is 0 Å². The molecule has 75 valence electrons. The van der Waals surface area contributed by atoms with Crippen molar-refractivity contribution in [2.75, 3.05) is 0 Å². The van der Waals surface area contributed by atoms with E-state index in [1.807, 2.05) is 12.1 Å². The van der Waals surface area contributed by atoms with Gasteiger partial charge in [0, 0.05) is 39.3 Å². The molecule has 0 aliphatic heterocycles. The Kier molecular flexibility index (Phi) is 5.20. The quantitative estimate of drug-likeness (QED) is 0.661. The largest absolute Gasteiger partial charge is 0.526 e. The van der Waals surface area contributed by atoms with Crippen LogP contribution in [0.25, 0.3) is 6.08 Å². The number of aryl methyl sites for hydroxylation is 1. The maximum atomic E-state index is 10.1. The summed E-state index contributed by atoms with van der Waals surface area (Å²) in [6.45, 7) is 0.566. The third-order valence-corrected chi connectivity index (χ3v) is 2.50. The maximum absolute atomic E-state index is 10.1. The van der Waals surface area contributed by atoms with Crippen LogP contribution in [0.3, 0.4) is 0 Å². The van der Waals surface area contributed by atoms with E-state index in [1.165, 1.54) is 16.7 Å². The molecule has 1 aliphatic carbocycles. The molecule has 0 saturated heterocycles. The molecule has 1 N–H and O–H groups in total. The molecule has 2 rings (SSSR count). The molecule has 0 spiro atoms. The smallest absolute Gasteiger partial charge is 0.0123 e. The van der Waals surface area contributed by atoms with Gasteiger partial charge in [0.05, 0.1) is 0 Å². The second-order valence-electron chi connectivity index (χ2n) is 3.39. The van der Waals surface area contributed by atoms with Crippen molar-refractivity contribution in [3.05, 3.63) is 41.0 Å². The SMILES string of the molecule is O=[C-]NCc1cccc2c1C=CCC2.[Y]. The first-order valence-corrected chi connectivity index (χ1v) is 4.79. The first-order valence-electron chi connectivity index (χ1n) is 4.79. The average molecular weight is 275 g/mol. The van der Waals surface area contributed by atoms with Crippen molar-refractivity contribution in [2.45, 2.75) is 19.4 Å².